The second-order valence-electron chi connectivity index (χ2n) is 5.11. The molecule has 5 nitrogen and oxygen atoms in total. The molecule has 1 heterocycles. The largest absolute Gasteiger partial charge is 0.497 e. The van der Waals surface area contributed by atoms with E-state index in [4.69, 9.17) is 9.47 Å². The van der Waals surface area contributed by atoms with Crippen LogP contribution < -0.4 is 4.74 Å². The number of hydrogen-bond donors (Lipinski definition) is 0. The van der Waals surface area contributed by atoms with Gasteiger partial charge in [0.1, 0.15) is 5.75 Å². The van der Waals surface area contributed by atoms with E-state index in [0.29, 0.717) is 35.3 Å². The minimum Gasteiger partial charge on any atom is -0.497 e. The molecule has 0 spiro atoms. The molecule has 0 N–H and O–H groups in total. The van der Waals surface area contributed by atoms with Gasteiger partial charge in [0.25, 0.3) is 5.91 Å². The second kappa shape index (κ2) is 6.64. The number of hydrogen-bond acceptors (Lipinski definition) is 4. The third-order valence-corrected chi connectivity index (χ3v) is 5.31. The molecular weight excluding hydrogens is 385 g/mol. The number of esters is 1. The van der Waals surface area contributed by atoms with Crippen molar-refractivity contribution in [1.82, 2.24) is 4.90 Å². The summed E-state index contributed by atoms with van der Waals surface area (Å²) in [5.74, 6) is 0.416. The van der Waals surface area contributed by atoms with Crippen molar-refractivity contribution in [3.8, 4) is 5.75 Å². The number of benzene rings is 1. The normalized spacial score (nSPS) is 21.2. The van der Waals surface area contributed by atoms with Crippen LogP contribution in [-0.2, 0) is 9.53 Å². The molecule has 2 rings (SSSR count). The number of carbonyl (C=O) groups is 2. The SMILES string of the molecule is COC(=O)C1(CI)CCN(C(=O)c2ccc(OC)cc2)C1. The van der Waals surface area contributed by atoms with E-state index in [1.54, 1.807) is 36.3 Å². The van der Waals surface area contributed by atoms with E-state index in [1.807, 2.05) is 0 Å². The van der Waals surface area contributed by atoms with Crippen molar-refractivity contribution >= 4 is 34.5 Å². The number of likely N-dealkylation sites (tertiary alicyclic amines) is 1. The zero-order chi connectivity index (χ0) is 15.5. The van der Waals surface area contributed by atoms with Crippen LogP contribution in [0.4, 0.5) is 0 Å². The lowest BCUT2D eigenvalue weighted by molar-refractivity contribution is -0.150. The molecule has 21 heavy (non-hydrogen) atoms. The van der Waals surface area contributed by atoms with Crippen LogP contribution in [-0.4, -0.2) is 48.5 Å². The van der Waals surface area contributed by atoms with Gasteiger partial charge in [-0.25, -0.2) is 0 Å². The molecule has 0 radical (unpaired) electrons. The van der Waals surface area contributed by atoms with Crippen LogP contribution in [0.1, 0.15) is 16.8 Å². The van der Waals surface area contributed by atoms with Crippen LogP contribution in [0.5, 0.6) is 5.75 Å². The van der Waals surface area contributed by atoms with Gasteiger partial charge in [-0.2, -0.15) is 0 Å². The maximum atomic E-state index is 12.5. The Morgan fingerprint density at radius 1 is 1.29 bits per heavy atom. The zero-order valence-electron chi connectivity index (χ0n) is 12.1. The molecule has 1 aromatic rings. The maximum Gasteiger partial charge on any atom is 0.314 e. The van der Waals surface area contributed by atoms with Crippen LogP contribution in [0, 0.1) is 5.41 Å². The zero-order valence-corrected chi connectivity index (χ0v) is 14.3. The van der Waals surface area contributed by atoms with Gasteiger partial charge in [0, 0.05) is 23.1 Å². The van der Waals surface area contributed by atoms with E-state index in [2.05, 4.69) is 22.6 Å². The maximum absolute atomic E-state index is 12.5. The summed E-state index contributed by atoms with van der Waals surface area (Å²) < 4.78 is 10.6. The summed E-state index contributed by atoms with van der Waals surface area (Å²) in [4.78, 5) is 26.2. The Morgan fingerprint density at radius 2 is 1.95 bits per heavy atom. The molecule has 0 saturated carbocycles. The van der Waals surface area contributed by atoms with Crippen LogP contribution in [0.25, 0.3) is 0 Å². The lowest BCUT2D eigenvalue weighted by Crippen LogP contribution is -2.39. The average molecular weight is 403 g/mol. The van der Waals surface area contributed by atoms with E-state index in [0.717, 1.165) is 0 Å². The van der Waals surface area contributed by atoms with Gasteiger partial charge in [-0.15, -0.1) is 0 Å². The number of methoxy groups -OCH3 is 2. The van der Waals surface area contributed by atoms with Gasteiger partial charge in [0.05, 0.1) is 19.6 Å². The van der Waals surface area contributed by atoms with Gasteiger partial charge < -0.3 is 14.4 Å². The summed E-state index contributed by atoms with van der Waals surface area (Å²) in [7, 11) is 2.98. The number of rotatable bonds is 4. The average Bonchev–Trinajstić information content (AvgIpc) is 2.99. The van der Waals surface area contributed by atoms with Crippen molar-refractivity contribution in [3.05, 3.63) is 29.8 Å². The predicted octanol–water partition coefficient (Wildman–Crippen LogP) is 2.14. The summed E-state index contributed by atoms with van der Waals surface area (Å²) in [5, 5.41) is 0. The summed E-state index contributed by atoms with van der Waals surface area (Å²) in [6.07, 6.45) is 0.643. The monoisotopic (exact) mass is 403 g/mol. The number of amides is 1. The van der Waals surface area contributed by atoms with Gasteiger partial charge in [-0.05, 0) is 30.7 Å². The van der Waals surface area contributed by atoms with Crippen molar-refractivity contribution in [1.29, 1.82) is 0 Å². The second-order valence-corrected chi connectivity index (χ2v) is 5.87. The number of ether oxygens (including phenoxy) is 2. The predicted molar refractivity (Wildman–Crippen MR) is 86.9 cm³/mol. The highest BCUT2D eigenvalue weighted by atomic mass is 127. The minimum atomic E-state index is -0.572. The van der Waals surface area contributed by atoms with Crippen molar-refractivity contribution in [2.24, 2.45) is 5.41 Å². The molecule has 114 valence electrons. The van der Waals surface area contributed by atoms with E-state index in [-0.39, 0.29) is 11.9 Å². The smallest absolute Gasteiger partial charge is 0.314 e. The number of carbonyl (C=O) groups excluding carboxylic acids is 2. The molecule has 1 aromatic carbocycles. The van der Waals surface area contributed by atoms with E-state index in [1.165, 1.54) is 7.11 Å². The van der Waals surface area contributed by atoms with Crippen molar-refractivity contribution < 1.29 is 19.1 Å². The van der Waals surface area contributed by atoms with Crippen molar-refractivity contribution in [2.75, 3.05) is 31.7 Å². The highest BCUT2D eigenvalue weighted by Crippen LogP contribution is 2.34. The molecule has 1 atom stereocenters. The fraction of sp³-hybridized carbons (Fsp3) is 0.467. The molecule has 0 bridgehead atoms. The quantitative estimate of drug-likeness (QED) is 0.439. The van der Waals surface area contributed by atoms with Crippen LogP contribution in [0.15, 0.2) is 24.3 Å². The summed E-state index contributed by atoms with van der Waals surface area (Å²) in [5.41, 5.74) is 0.0298. The Bertz CT molecular complexity index is 531. The van der Waals surface area contributed by atoms with E-state index < -0.39 is 5.41 Å². The lowest BCUT2D eigenvalue weighted by atomic mass is 9.90. The van der Waals surface area contributed by atoms with Gasteiger partial charge in [-0.1, -0.05) is 22.6 Å². The summed E-state index contributed by atoms with van der Waals surface area (Å²) in [6.45, 7) is 0.983. The third-order valence-electron chi connectivity index (χ3n) is 3.85. The van der Waals surface area contributed by atoms with Crippen LogP contribution in [0.3, 0.4) is 0 Å². The molecular formula is C15H18INO4. The highest BCUT2D eigenvalue weighted by Gasteiger charge is 2.46. The van der Waals surface area contributed by atoms with Crippen molar-refractivity contribution in [3.63, 3.8) is 0 Å². The first-order valence-corrected chi connectivity index (χ1v) is 8.16. The molecule has 6 heteroatoms. The summed E-state index contributed by atoms with van der Waals surface area (Å²) in [6, 6.07) is 7.00. The van der Waals surface area contributed by atoms with Gasteiger partial charge in [0.2, 0.25) is 0 Å². The molecule has 0 aromatic heterocycles. The first-order chi connectivity index (χ1) is 10.1. The molecule has 1 amide bonds. The van der Waals surface area contributed by atoms with E-state index in [9.17, 15) is 9.59 Å². The van der Waals surface area contributed by atoms with Crippen molar-refractivity contribution in [2.45, 2.75) is 6.42 Å². The molecule has 1 unspecified atom stereocenters. The van der Waals surface area contributed by atoms with Crippen LogP contribution >= 0.6 is 22.6 Å². The summed E-state index contributed by atoms with van der Waals surface area (Å²) >= 11 is 2.18. The molecule has 0 aliphatic carbocycles. The third kappa shape index (κ3) is 3.14. The molecule has 1 aliphatic heterocycles. The Labute approximate surface area is 137 Å². The first kappa shape index (κ1) is 16.1. The molecule has 1 aliphatic rings. The Kier molecular flexibility index (Phi) is 5.08. The van der Waals surface area contributed by atoms with Gasteiger partial charge in [0.15, 0.2) is 0 Å². The standard InChI is InChI=1S/C15H18INO4/c1-20-12-5-3-11(4-6-12)13(18)17-8-7-15(9-16,10-17)14(19)21-2/h3-6H,7-10H2,1-2H3. The Morgan fingerprint density at radius 3 is 2.48 bits per heavy atom. The van der Waals surface area contributed by atoms with Crippen LogP contribution in [0.2, 0.25) is 0 Å². The Hall–Kier alpha value is -1.31. The number of nitrogens with zero attached hydrogens (tertiary/aromatic N) is 1. The van der Waals surface area contributed by atoms with Gasteiger partial charge in [-0.3, -0.25) is 9.59 Å². The fourth-order valence-corrected chi connectivity index (χ4v) is 3.44. The molecule has 1 fully saturated rings. The topological polar surface area (TPSA) is 55.8 Å². The first-order valence-electron chi connectivity index (χ1n) is 6.64. The molecule has 1 saturated heterocycles. The van der Waals surface area contributed by atoms with E-state index >= 15 is 0 Å². The lowest BCUT2D eigenvalue weighted by Gasteiger charge is -2.24. The number of halogens is 1. The fourth-order valence-electron chi connectivity index (χ4n) is 2.51. The minimum absolute atomic E-state index is 0.0618. The Balaban J connectivity index is 2.12. The highest BCUT2D eigenvalue weighted by molar-refractivity contribution is 14.1. The van der Waals surface area contributed by atoms with Gasteiger partial charge >= 0.3 is 5.97 Å². The number of alkyl halides is 1.